The number of amides is 1. The van der Waals surface area contributed by atoms with Gasteiger partial charge in [-0.25, -0.2) is 14.5 Å². The number of carbonyl (C=O) groups is 2. The average Bonchev–Trinajstić information content (AvgIpc) is 2.98. The first-order chi connectivity index (χ1) is 12.3. The molecule has 0 saturated carbocycles. The number of benzene rings is 1. The normalized spacial score (nSPS) is 13.3. The molecular formula is C18H25N5O3. The van der Waals surface area contributed by atoms with Crippen LogP contribution in [0.15, 0.2) is 30.3 Å². The van der Waals surface area contributed by atoms with Crippen molar-refractivity contribution in [2.24, 2.45) is 11.7 Å². The van der Waals surface area contributed by atoms with Crippen LogP contribution in [0.3, 0.4) is 0 Å². The van der Waals surface area contributed by atoms with Gasteiger partial charge in [0.25, 0.3) is 0 Å². The standard InChI is InChI=1S/C18H25N5O3/c1-11(2)15(19)17-20-12(3)22-23(17)10-14(24)21-16(18(25)26-4)13-8-6-5-7-9-13/h5-9,11,15-16H,10,19H2,1-4H3,(H,21,24)/t15-,16-/m0/s1. The highest BCUT2D eigenvalue weighted by molar-refractivity contribution is 5.85. The van der Waals surface area contributed by atoms with Gasteiger partial charge in [0.2, 0.25) is 5.91 Å². The summed E-state index contributed by atoms with van der Waals surface area (Å²) in [5.41, 5.74) is 6.80. The Morgan fingerprint density at radius 2 is 1.92 bits per heavy atom. The third kappa shape index (κ3) is 4.66. The van der Waals surface area contributed by atoms with Gasteiger partial charge in [-0.1, -0.05) is 44.2 Å². The van der Waals surface area contributed by atoms with E-state index >= 15 is 0 Å². The van der Waals surface area contributed by atoms with Crippen LogP contribution in [0.2, 0.25) is 0 Å². The van der Waals surface area contributed by atoms with E-state index in [4.69, 9.17) is 10.5 Å². The van der Waals surface area contributed by atoms with E-state index in [1.54, 1.807) is 31.2 Å². The van der Waals surface area contributed by atoms with Gasteiger partial charge in [0, 0.05) is 0 Å². The van der Waals surface area contributed by atoms with Crippen molar-refractivity contribution in [3.63, 3.8) is 0 Å². The van der Waals surface area contributed by atoms with Crippen molar-refractivity contribution >= 4 is 11.9 Å². The summed E-state index contributed by atoms with van der Waals surface area (Å²) in [7, 11) is 1.28. The molecule has 3 N–H and O–H groups in total. The Kier molecular flexibility index (Phi) is 6.46. The van der Waals surface area contributed by atoms with E-state index in [9.17, 15) is 9.59 Å². The zero-order chi connectivity index (χ0) is 19.3. The fourth-order valence-corrected chi connectivity index (χ4v) is 2.52. The molecule has 140 valence electrons. The number of rotatable bonds is 7. The van der Waals surface area contributed by atoms with Crippen molar-refractivity contribution in [2.75, 3.05) is 7.11 Å². The minimum atomic E-state index is -0.888. The lowest BCUT2D eigenvalue weighted by Gasteiger charge is -2.18. The summed E-state index contributed by atoms with van der Waals surface area (Å²) in [5.74, 6) is 0.302. The Hall–Kier alpha value is -2.74. The van der Waals surface area contributed by atoms with Crippen LogP contribution < -0.4 is 11.1 Å². The minimum absolute atomic E-state index is 0.0864. The monoisotopic (exact) mass is 359 g/mol. The molecule has 2 atom stereocenters. The number of aryl methyl sites for hydroxylation is 1. The number of nitrogens with one attached hydrogen (secondary N) is 1. The second-order valence-corrected chi connectivity index (χ2v) is 6.38. The topological polar surface area (TPSA) is 112 Å². The summed E-state index contributed by atoms with van der Waals surface area (Å²) in [4.78, 5) is 28.9. The van der Waals surface area contributed by atoms with Gasteiger partial charge in [-0.3, -0.25) is 4.79 Å². The van der Waals surface area contributed by atoms with E-state index in [-0.39, 0.29) is 24.4 Å². The van der Waals surface area contributed by atoms with Crippen molar-refractivity contribution in [2.45, 2.75) is 39.4 Å². The molecule has 8 nitrogen and oxygen atoms in total. The number of nitrogens with zero attached hydrogens (tertiary/aromatic N) is 3. The number of esters is 1. The molecule has 0 saturated heterocycles. The predicted octanol–water partition coefficient (Wildman–Crippen LogP) is 1.27. The molecule has 0 bridgehead atoms. The molecule has 0 fully saturated rings. The molecule has 2 rings (SSSR count). The molecule has 1 heterocycles. The minimum Gasteiger partial charge on any atom is -0.467 e. The molecule has 8 heteroatoms. The summed E-state index contributed by atoms with van der Waals surface area (Å²) < 4.78 is 6.29. The maximum Gasteiger partial charge on any atom is 0.333 e. The lowest BCUT2D eigenvalue weighted by molar-refractivity contribution is -0.145. The number of hydrogen-bond acceptors (Lipinski definition) is 6. The molecular weight excluding hydrogens is 334 g/mol. The SMILES string of the molecule is COC(=O)[C@@H](NC(=O)Cn1nc(C)nc1[C@@H](N)C(C)C)c1ccccc1. The molecule has 0 aliphatic rings. The van der Waals surface area contributed by atoms with Crippen LogP contribution in [0.25, 0.3) is 0 Å². The van der Waals surface area contributed by atoms with E-state index in [1.807, 2.05) is 19.9 Å². The molecule has 1 aromatic carbocycles. The highest BCUT2D eigenvalue weighted by Gasteiger charge is 2.25. The first kappa shape index (κ1) is 19.6. The number of carbonyl (C=O) groups excluding carboxylic acids is 2. The zero-order valence-electron chi connectivity index (χ0n) is 15.5. The Balaban J connectivity index is 2.18. The molecule has 1 aromatic heterocycles. The van der Waals surface area contributed by atoms with Gasteiger partial charge >= 0.3 is 5.97 Å². The van der Waals surface area contributed by atoms with Crippen molar-refractivity contribution in [3.05, 3.63) is 47.5 Å². The molecule has 0 aliphatic carbocycles. The van der Waals surface area contributed by atoms with Crippen LogP contribution in [0.5, 0.6) is 0 Å². The third-order valence-electron chi connectivity index (χ3n) is 3.99. The van der Waals surface area contributed by atoms with Gasteiger partial charge < -0.3 is 15.8 Å². The summed E-state index contributed by atoms with van der Waals surface area (Å²) in [6.07, 6.45) is 0. The fraction of sp³-hybridized carbons (Fsp3) is 0.444. The lowest BCUT2D eigenvalue weighted by atomic mass is 10.1. The number of ether oxygens (including phenoxy) is 1. The van der Waals surface area contributed by atoms with Crippen molar-refractivity contribution in [3.8, 4) is 0 Å². The quantitative estimate of drug-likeness (QED) is 0.720. The van der Waals surface area contributed by atoms with Crippen LogP contribution in [0, 0.1) is 12.8 Å². The maximum absolute atomic E-state index is 12.5. The first-order valence-corrected chi connectivity index (χ1v) is 8.42. The van der Waals surface area contributed by atoms with E-state index in [2.05, 4.69) is 15.4 Å². The highest BCUT2D eigenvalue weighted by Crippen LogP contribution is 2.18. The van der Waals surface area contributed by atoms with Gasteiger partial charge in [-0.05, 0) is 18.4 Å². The van der Waals surface area contributed by atoms with Crippen LogP contribution in [0.4, 0.5) is 0 Å². The fourth-order valence-electron chi connectivity index (χ4n) is 2.52. The van der Waals surface area contributed by atoms with Crippen LogP contribution in [0.1, 0.15) is 43.1 Å². The maximum atomic E-state index is 12.5. The van der Waals surface area contributed by atoms with E-state index < -0.39 is 12.0 Å². The summed E-state index contributed by atoms with van der Waals surface area (Å²) >= 11 is 0. The second-order valence-electron chi connectivity index (χ2n) is 6.38. The summed E-state index contributed by atoms with van der Waals surface area (Å²) in [5, 5.41) is 6.94. The number of hydrogen-bond donors (Lipinski definition) is 2. The Bertz CT molecular complexity index is 757. The average molecular weight is 359 g/mol. The van der Waals surface area contributed by atoms with E-state index in [1.165, 1.54) is 11.8 Å². The first-order valence-electron chi connectivity index (χ1n) is 8.42. The van der Waals surface area contributed by atoms with E-state index in [0.29, 0.717) is 17.2 Å². The predicted molar refractivity (Wildman–Crippen MR) is 95.9 cm³/mol. The molecule has 0 unspecified atom stereocenters. The van der Waals surface area contributed by atoms with Gasteiger partial charge in [0.05, 0.1) is 13.2 Å². The van der Waals surface area contributed by atoms with Crippen molar-refractivity contribution in [1.29, 1.82) is 0 Å². The van der Waals surface area contributed by atoms with Crippen LogP contribution >= 0.6 is 0 Å². The Morgan fingerprint density at radius 3 is 2.50 bits per heavy atom. The van der Waals surface area contributed by atoms with Gasteiger partial charge in [-0.15, -0.1) is 0 Å². The van der Waals surface area contributed by atoms with E-state index in [0.717, 1.165) is 0 Å². The van der Waals surface area contributed by atoms with Gasteiger partial charge in [0.1, 0.15) is 18.2 Å². The summed E-state index contributed by atoms with van der Waals surface area (Å²) in [6.45, 7) is 5.60. The lowest BCUT2D eigenvalue weighted by Crippen LogP contribution is -2.37. The van der Waals surface area contributed by atoms with Crippen molar-refractivity contribution < 1.29 is 14.3 Å². The number of nitrogens with two attached hydrogens (primary N) is 1. The molecule has 26 heavy (non-hydrogen) atoms. The largest absolute Gasteiger partial charge is 0.467 e. The van der Waals surface area contributed by atoms with Gasteiger partial charge in [-0.2, -0.15) is 5.10 Å². The second kappa shape index (κ2) is 8.57. The van der Waals surface area contributed by atoms with Crippen LogP contribution in [-0.4, -0.2) is 33.8 Å². The van der Waals surface area contributed by atoms with Crippen molar-refractivity contribution in [1.82, 2.24) is 20.1 Å². The number of aromatic nitrogens is 3. The van der Waals surface area contributed by atoms with Crippen LogP contribution in [-0.2, 0) is 20.9 Å². The van der Waals surface area contributed by atoms with Gasteiger partial charge in [0.15, 0.2) is 6.04 Å². The molecule has 0 radical (unpaired) electrons. The summed E-state index contributed by atoms with van der Waals surface area (Å²) in [6, 6.07) is 7.69. The molecule has 2 aromatic rings. The molecule has 0 aliphatic heterocycles. The molecule has 0 spiro atoms. The zero-order valence-corrected chi connectivity index (χ0v) is 15.5. The smallest absolute Gasteiger partial charge is 0.333 e. The third-order valence-corrected chi connectivity index (χ3v) is 3.99. The Morgan fingerprint density at radius 1 is 1.27 bits per heavy atom. The highest BCUT2D eigenvalue weighted by atomic mass is 16.5. The Labute approximate surface area is 152 Å². The number of methoxy groups -OCH3 is 1. The molecule has 1 amide bonds.